The van der Waals surface area contributed by atoms with Gasteiger partial charge in [-0.05, 0) is 17.7 Å². The van der Waals surface area contributed by atoms with E-state index in [1.165, 1.54) is 0 Å². The first kappa shape index (κ1) is 19.1. The number of amides is 1. The Morgan fingerprint density at radius 1 is 1.16 bits per heavy atom. The Morgan fingerprint density at radius 2 is 1.80 bits per heavy atom. The molecular formula is C19H23ClN2O3. The first-order valence-electron chi connectivity index (χ1n) is 8.07. The molecule has 2 aromatic carbocycles. The summed E-state index contributed by atoms with van der Waals surface area (Å²) in [6, 6.07) is 17.2. The van der Waals surface area contributed by atoms with E-state index in [1.54, 1.807) is 11.9 Å². The maximum atomic E-state index is 12.7. The van der Waals surface area contributed by atoms with Crippen molar-refractivity contribution in [1.82, 2.24) is 4.90 Å². The van der Waals surface area contributed by atoms with Crippen molar-refractivity contribution >= 4 is 18.3 Å². The summed E-state index contributed by atoms with van der Waals surface area (Å²) in [6.45, 7) is 1.15. The minimum atomic E-state index is -0.340. The van der Waals surface area contributed by atoms with Gasteiger partial charge in [0.2, 0.25) is 5.91 Å². The zero-order chi connectivity index (χ0) is 16.9. The number of ether oxygens (including phenoxy) is 2. The summed E-state index contributed by atoms with van der Waals surface area (Å²) >= 11 is 0. The third-order valence-electron chi connectivity index (χ3n) is 4.16. The molecule has 0 radical (unpaired) electrons. The van der Waals surface area contributed by atoms with E-state index in [2.05, 4.69) is 0 Å². The fraction of sp³-hybridized carbons (Fsp3) is 0.316. The Hall–Kier alpha value is -2.24. The van der Waals surface area contributed by atoms with Crippen molar-refractivity contribution in [3.63, 3.8) is 0 Å². The molecule has 0 aliphatic carbocycles. The molecule has 2 N–H and O–H groups in total. The van der Waals surface area contributed by atoms with E-state index in [4.69, 9.17) is 15.2 Å². The van der Waals surface area contributed by atoms with Gasteiger partial charge in [-0.3, -0.25) is 4.79 Å². The van der Waals surface area contributed by atoms with E-state index in [0.29, 0.717) is 18.9 Å². The molecule has 0 saturated heterocycles. The van der Waals surface area contributed by atoms with Gasteiger partial charge in [0.05, 0.1) is 12.5 Å². The molecule has 6 heteroatoms. The topological polar surface area (TPSA) is 64.8 Å². The second kappa shape index (κ2) is 8.74. The maximum absolute atomic E-state index is 12.7. The van der Waals surface area contributed by atoms with Gasteiger partial charge in [0.15, 0.2) is 17.6 Å². The highest BCUT2D eigenvalue weighted by molar-refractivity contribution is 5.85. The fourth-order valence-corrected chi connectivity index (χ4v) is 2.88. The number of nitrogens with zero attached hydrogens (tertiary/aromatic N) is 1. The van der Waals surface area contributed by atoms with E-state index in [9.17, 15) is 4.79 Å². The van der Waals surface area contributed by atoms with E-state index in [0.717, 1.165) is 11.3 Å². The molecule has 1 aliphatic heterocycles. The highest BCUT2D eigenvalue weighted by atomic mass is 35.5. The van der Waals surface area contributed by atoms with Crippen LogP contribution < -0.4 is 15.2 Å². The quantitative estimate of drug-likeness (QED) is 0.887. The van der Waals surface area contributed by atoms with Crippen LogP contribution in [0.25, 0.3) is 0 Å². The van der Waals surface area contributed by atoms with E-state index in [-0.39, 0.29) is 36.9 Å². The maximum Gasteiger partial charge on any atom is 0.231 e. The van der Waals surface area contributed by atoms with Crippen LogP contribution in [0.3, 0.4) is 0 Å². The number of fused-ring (bicyclic) bond motifs is 1. The van der Waals surface area contributed by atoms with Gasteiger partial charge in [0.1, 0.15) is 6.61 Å². The fourth-order valence-electron chi connectivity index (χ4n) is 2.88. The van der Waals surface area contributed by atoms with Crippen LogP contribution in [0, 0.1) is 0 Å². The summed E-state index contributed by atoms with van der Waals surface area (Å²) in [5, 5.41) is 0. The number of carbonyl (C=O) groups excluding carboxylic acids is 1. The molecule has 2 atom stereocenters. The summed E-state index contributed by atoms with van der Waals surface area (Å²) in [7, 11) is 1.78. The monoisotopic (exact) mass is 362 g/mol. The van der Waals surface area contributed by atoms with Gasteiger partial charge in [0.25, 0.3) is 0 Å². The SMILES string of the molecule is CN(CC1COc2ccccc2O1)C(=O)C(CN)c1ccccc1.Cl. The molecule has 1 amide bonds. The number of rotatable bonds is 5. The molecule has 0 aromatic heterocycles. The molecule has 0 spiro atoms. The number of halogens is 1. The van der Waals surface area contributed by atoms with Gasteiger partial charge < -0.3 is 20.1 Å². The standard InChI is InChI=1S/C19H22N2O3.ClH/c1-21(19(22)16(11-20)14-7-3-2-4-8-14)12-15-13-23-17-9-5-6-10-18(17)24-15;/h2-10,15-16H,11-13,20H2,1H3;1H. The average molecular weight is 363 g/mol. The second-order valence-electron chi connectivity index (χ2n) is 5.92. The molecule has 1 heterocycles. The van der Waals surface area contributed by atoms with Crippen molar-refractivity contribution in [3.8, 4) is 11.5 Å². The van der Waals surface area contributed by atoms with E-state index < -0.39 is 0 Å². The number of para-hydroxylation sites is 2. The average Bonchev–Trinajstić information content (AvgIpc) is 2.63. The minimum absolute atomic E-state index is 0. The second-order valence-corrected chi connectivity index (χ2v) is 5.92. The molecule has 5 nitrogen and oxygen atoms in total. The molecule has 2 aromatic rings. The number of nitrogens with two attached hydrogens (primary N) is 1. The highest BCUT2D eigenvalue weighted by Crippen LogP contribution is 2.31. The lowest BCUT2D eigenvalue weighted by atomic mass is 9.98. The summed E-state index contributed by atoms with van der Waals surface area (Å²) in [5.74, 6) is 1.11. The smallest absolute Gasteiger partial charge is 0.231 e. The van der Waals surface area contributed by atoms with Crippen molar-refractivity contribution < 1.29 is 14.3 Å². The Balaban J connectivity index is 0.00000225. The van der Waals surface area contributed by atoms with Crippen molar-refractivity contribution in [1.29, 1.82) is 0 Å². The first-order chi connectivity index (χ1) is 11.7. The molecule has 1 aliphatic rings. The normalized spacial score (nSPS) is 16.5. The Morgan fingerprint density at radius 3 is 2.48 bits per heavy atom. The van der Waals surface area contributed by atoms with Crippen molar-refractivity contribution in [2.45, 2.75) is 12.0 Å². The Labute approximate surface area is 154 Å². The van der Waals surface area contributed by atoms with Crippen LogP contribution in [-0.4, -0.2) is 43.7 Å². The molecule has 0 saturated carbocycles. The third kappa shape index (κ3) is 4.44. The number of likely N-dealkylation sites (N-methyl/N-ethyl adjacent to an activating group) is 1. The van der Waals surface area contributed by atoms with Gasteiger partial charge in [-0.1, -0.05) is 42.5 Å². The molecule has 2 unspecified atom stereocenters. The molecule has 134 valence electrons. The van der Waals surface area contributed by atoms with Crippen LogP contribution >= 0.6 is 12.4 Å². The Bertz CT molecular complexity index is 696. The lowest BCUT2D eigenvalue weighted by molar-refractivity contribution is -0.132. The zero-order valence-corrected chi connectivity index (χ0v) is 14.9. The highest BCUT2D eigenvalue weighted by Gasteiger charge is 2.27. The molecule has 0 fully saturated rings. The minimum Gasteiger partial charge on any atom is -0.486 e. The van der Waals surface area contributed by atoms with Crippen molar-refractivity contribution in [2.75, 3.05) is 26.7 Å². The van der Waals surface area contributed by atoms with Crippen LogP contribution in [0.4, 0.5) is 0 Å². The summed E-state index contributed by atoms with van der Waals surface area (Å²) in [5.41, 5.74) is 6.77. The zero-order valence-electron chi connectivity index (χ0n) is 14.1. The lowest BCUT2D eigenvalue weighted by Crippen LogP contribution is -2.44. The number of hydrogen-bond donors (Lipinski definition) is 1. The summed E-state index contributed by atoms with van der Waals surface area (Å²) < 4.78 is 11.6. The van der Waals surface area contributed by atoms with Crippen LogP contribution in [-0.2, 0) is 4.79 Å². The third-order valence-corrected chi connectivity index (χ3v) is 4.16. The van der Waals surface area contributed by atoms with Crippen LogP contribution in [0.2, 0.25) is 0 Å². The lowest BCUT2D eigenvalue weighted by Gasteiger charge is -2.31. The van der Waals surface area contributed by atoms with Crippen LogP contribution in [0.15, 0.2) is 54.6 Å². The van der Waals surface area contributed by atoms with E-state index >= 15 is 0 Å². The first-order valence-corrected chi connectivity index (χ1v) is 8.07. The van der Waals surface area contributed by atoms with E-state index in [1.807, 2.05) is 54.6 Å². The van der Waals surface area contributed by atoms with Gasteiger partial charge in [-0.25, -0.2) is 0 Å². The molecular weight excluding hydrogens is 340 g/mol. The van der Waals surface area contributed by atoms with Gasteiger partial charge in [-0.2, -0.15) is 0 Å². The predicted octanol–water partition coefficient (Wildman–Crippen LogP) is 2.45. The van der Waals surface area contributed by atoms with Gasteiger partial charge in [0, 0.05) is 13.6 Å². The number of carbonyl (C=O) groups is 1. The Kier molecular flexibility index (Phi) is 6.67. The van der Waals surface area contributed by atoms with Gasteiger partial charge >= 0.3 is 0 Å². The number of hydrogen-bond acceptors (Lipinski definition) is 4. The summed E-state index contributed by atoms with van der Waals surface area (Å²) in [4.78, 5) is 14.4. The van der Waals surface area contributed by atoms with Gasteiger partial charge in [-0.15, -0.1) is 12.4 Å². The van der Waals surface area contributed by atoms with Crippen LogP contribution in [0.5, 0.6) is 11.5 Å². The summed E-state index contributed by atoms with van der Waals surface area (Å²) in [6.07, 6.45) is -0.192. The number of benzene rings is 2. The van der Waals surface area contributed by atoms with Crippen molar-refractivity contribution in [2.24, 2.45) is 5.73 Å². The van der Waals surface area contributed by atoms with Crippen molar-refractivity contribution in [3.05, 3.63) is 60.2 Å². The largest absolute Gasteiger partial charge is 0.486 e. The predicted molar refractivity (Wildman–Crippen MR) is 99.5 cm³/mol. The molecule has 0 bridgehead atoms. The van der Waals surface area contributed by atoms with Crippen LogP contribution in [0.1, 0.15) is 11.5 Å². The molecule has 25 heavy (non-hydrogen) atoms. The molecule has 3 rings (SSSR count).